The lowest BCUT2D eigenvalue weighted by Crippen LogP contribution is -2.05. The molecular formula is C20H20N2O3. The minimum Gasteiger partial charge on any atom is -0.494 e. The Morgan fingerprint density at radius 3 is 2.72 bits per heavy atom. The van der Waals surface area contributed by atoms with Gasteiger partial charge in [-0.05, 0) is 44.2 Å². The van der Waals surface area contributed by atoms with E-state index in [0.717, 1.165) is 33.7 Å². The zero-order chi connectivity index (χ0) is 17.8. The van der Waals surface area contributed by atoms with E-state index in [-0.39, 0.29) is 5.97 Å². The van der Waals surface area contributed by atoms with E-state index in [4.69, 9.17) is 9.47 Å². The number of aromatic nitrogens is 1. The second-order valence-electron chi connectivity index (χ2n) is 5.59. The predicted molar refractivity (Wildman–Crippen MR) is 98.7 cm³/mol. The molecule has 5 nitrogen and oxygen atoms in total. The van der Waals surface area contributed by atoms with Gasteiger partial charge in [0.05, 0.1) is 19.3 Å². The SMILES string of the molecule is CCOC(=O)c1cccc(Nc2cc(C)nc3c(OC)cccc23)c1. The maximum Gasteiger partial charge on any atom is 0.338 e. The number of nitrogens with zero attached hydrogens (tertiary/aromatic N) is 1. The van der Waals surface area contributed by atoms with Crippen molar-refractivity contribution < 1.29 is 14.3 Å². The maximum atomic E-state index is 11.9. The van der Waals surface area contributed by atoms with Crippen molar-refractivity contribution in [3.8, 4) is 5.75 Å². The van der Waals surface area contributed by atoms with Gasteiger partial charge in [-0.2, -0.15) is 0 Å². The minimum atomic E-state index is -0.330. The summed E-state index contributed by atoms with van der Waals surface area (Å²) in [7, 11) is 1.63. The largest absolute Gasteiger partial charge is 0.494 e. The fraction of sp³-hybridized carbons (Fsp3) is 0.200. The summed E-state index contributed by atoms with van der Waals surface area (Å²) in [4.78, 5) is 16.5. The zero-order valence-electron chi connectivity index (χ0n) is 14.5. The molecule has 0 atom stereocenters. The van der Waals surface area contributed by atoms with Gasteiger partial charge < -0.3 is 14.8 Å². The molecule has 0 unspecified atom stereocenters. The van der Waals surface area contributed by atoms with Crippen molar-refractivity contribution in [2.75, 3.05) is 19.0 Å². The van der Waals surface area contributed by atoms with Gasteiger partial charge in [-0.15, -0.1) is 0 Å². The number of carbonyl (C=O) groups excluding carboxylic acids is 1. The molecule has 0 radical (unpaired) electrons. The molecule has 0 saturated heterocycles. The summed E-state index contributed by atoms with van der Waals surface area (Å²) >= 11 is 0. The molecule has 3 aromatic rings. The van der Waals surface area contributed by atoms with Gasteiger partial charge in [-0.1, -0.05) is 18.2 Å². The van der Waals surface area contributed by atoms with Crippen LogP contribution in [-0.2, 0) is 4.74 Å². The number of para-hydroxylation sites is 1. The molecule has 1 N–H and O–H groups in total. The number of aryl methyl sites for hydroxylation is 1. The molecule has 1 heterocycles. The van der Waals surface area contributed by atoms with Crippen LogP contribution < -0.4 is 10.1 Å². The van der Waals surface area contributed by atoms with Gasteiger partial charge in [0.1, 0.15) is 11.3 Å². The van der Waals surface area contributed by atoms with Crippen molar-refractivity contribution >= 4 is 28.2 Å². The van der Waals surface area contributed by atoms with Crippen LogP contribution >= 0.6 is 0 Å². The van der Waals surface area contributed by atoms with E-state index in [1.165, 1.54) is 0 Å². The summed E-state index contributed by atoms with van der Waals surface area (Å²) in [5.41, 5.74) is 3.90. The maximum absolute atomic E-state index is 11.9. The Morgan fingerprint density at radius 1 is 1.16 bits per heavy atom. The van der Waals surface area contributed by atoms with E-state index >= 15 is 0 Å². The van der Waals surface area contributed by atoms with Crippen LogP contribution in [-0.4, -0.2) is 24.7 Å². The highest BCUT2D eigenvalue weighted by Crippen LogP contribution is 2.31. The van der Waals surface area contributed by atoms with E-state index in [0.29, 0.717) is 12.2 Å². The first kappa shape index (κ1) is 16.8. The molecule has 0 spiro atoms. The standard InChI is InChI=1S/C20H20N2O3/c1-4-25-20(23)14-7-5-8-15(12-14)22-17-11-13(2)21-19-16(17)9-6-10-18(19)24-3/h5-12H,4H2,1-3H3,(H,21,22). The molecule has 5 heteroatoms. The van der Waals surface area contributed by atoms with Gasteiger partial charge in [0, 0.05) is 22.5 Å². The van der Waals surface area contributed by atoms with Crippen LogP contribution in [0.5, 0.6) is 5.75 Å². The Hall–Kier alpha value is -3.08. The number of esters is 1. The quantitative estimate of drug-likeness (QED) is 0.697. The van der Waals surface area contributed by atoms with Crippen LogP contribution in [0.3, 0.4) is 0 Å². The molecular weight excluding hydrogens is 316 g/mol. The minimum absolute atomic E-state index is 0.330. The lowest BCUT2D eigenvalue weighted by molar-refractivity contribution is 0.0526. The summed E-state index contributed by atoms with van der Waals surface area (Å²) < 4.78 is 10.5. The average Bonchev–Trinajstić information content (AvgIpc) is 2.61. The van der Waals surface area contributed by atoms with Crippen molar-refractivity contribution in [2.24, 2.45) is 0 Å². The number of rotatable bonds is 5. The van der Waals surface area contributed by atoms with Crippen LogP contribution in [0.15, 0.2) is 48.5 Å². The first-order valence-electron chi connectivity index (χ1n) is 8.11. The molecule has 25 heavy (non-hydrogen) atoms. The van der Waals surface area contributed by atoms with Gasteiger partial charge in [0.15, 0.2) is 0 Å². The summed E-state index contributed by atoms with van der Waals surface area (Å²) in [6, 6.07) is 15.0. The van der Waals surface area contributed by atoms with Gasteiger partial charge in [-0.3, -0.25) is 0 Å². The Kier molecular flexibility index (Phi) is 4.84. The number of hydrogen-bond donors (Lipinski definition) is 1. The van der Waals surface area contributed by atoms with E-state index in [1.54, 1.807) is 26.2 Å². The third kappa shape index (κ3) is 3.55. The first-order valence-corrected chi connectivity index (χ1v) is 8.11. The fourth-order valence-electron chi connectivity index (χ4n) is 2.71. The molecule has 2 aromatic carbocycles. The molecule has 0 fully saturated rings. The lowest BCUT2D eigenvalue weighted by Gasteiger charge is -2.13. The van der Waals surface area contributed by atoms with E-state index in [1.807, 2.05) is 43.3 Å². The number of pyridine rings is 1. The lowest BCUT2D eigenvalue weighted by atomic mass is 10.1. The average molecular weight is 336 g/mol. The highest BCUT2D eigenvalue weighted by Gasteiger charge is 2.10. The van der Waals surface area contributed by atoms with Crippen molar-refractivity contribution in [1.82, 2.24) is 4.98 Å². The number of hydrogen-bond acceptors (Lipinski definition) is 5. The number of nitrogens with one attached hydrogen (secondary N) is 1. The number of methoxy groups -OCH3 is 1. The zero-order valence-corrected chi connectivity index (χ0v) is 14.5. The van der Waals surface area contributed by atoms with E-state index < -0.39 is 0 Å². The molecule has 0 aliphatic carbocycles. The van der Waals surface area contributed by atoms with E-state index in [9.17, 15) is 4.79 Å². The van der Waals surface area contributed by atoms with Crippen molar-refractivity contribution in [3.05, 3.63) is 59.8 Å². The molecule has 0 aliphatic heterocycles. The van der Waals surface area contributed by atoms with Crippen LogP contribution in [0.4, 0.5) is 11.4 Å². The third-order valence-corrected chi connectivity index (χ3v) is 3.80. The summed E-state index contributed by atoms with van der Waals surface area (Å²) in [5.74, 6) is 0.396. The highest BCUT2D eigenvalue weighted by atomic mass is 16.5. The molecule has 128 valence electrons. The van der Waals surface area contributed by atoms with Crippen LogP contribution in [0.1, 0.15) is 23.0 Å². The smallest absolute Gasteiger partial charge is 0.338 e. The van der Waals surface area contributed by atoms with Gasteiger partial charge in [0.2, 0.25) is 0 Å². The van der Waals surface area contributed by atoms with E-state index in [2.05, 4.69) is 10.3 Å². The first-order chi connectivity index (χ1) is 12.1. The van der Waals surface area contributed by atoms with Gasteiger partial charge in [-0.25, -0.2) is 9.78 Å². The Bertz CT molecular complexity index is 922. The van der Waals surface area contributed by atoms with Gasteiger partial charge in [0.25, 0.3) is 0 Å². The number of carbonyl (C=O) groups is 1. The second kappa shape index (κ2) is 7.21. The number of fused-ring (bicyclic) bond motifs is 1. The summed E-state index contributed by atoms with van der Waals surface area (Å²) in [6.07, 6.45) is 0. The predicted octanol–water partition coefficient (Wildman–Crippen LogP) is 4.47. The van der Waals surface area contributed by atoms with Crippen molar-refractivity contribution in [2.45, 2.75) is 13.8 Å². The third-order valence-electron chi connectivity index (χ3n) is 3.80. The topological polar surface area (TPSA) is 60.5 Å². The fourth-order valence-corrected chi connectivity index (χ4v) is 2.71. The Labute approximate surface area is 146 Å². The highest BCUT2D eigenvalue weighted by molar-refractivity contribution is 5.97. The summed E-state index contributed by atoms with van der Waals surface area (Å²) in [6.45, 7) is 4.08. The number of benzene rings is 2. The number of ether oxygens (including phenoxy) is 2. The molecule has 0 aliphatic rings. The van der Waals surface area contributed by atoms with Crippen LogP contribution in [0.25, 0.3) is 10.9 Å². The van der Waals surface area contributed by atoms with Crippen LogP contribution in [0.2, 0.25) is 0 Å². The number of anilines is 2. The molecule has 0 amide bonds. The molecule has 3 rings (SSSR count). The van der Waals surface area contributed by atoms with Crippen molar-refractivity contribution in [3.63, 3.8) is 0 Å². The Morgan fingerprint density at radius 2 is 1.96 bits per heavy atom. The Balaban J connectivity index is 2.01. The molecule has 1 aromatic heterocycles. The molecule has 0 bridgehead atoms. The second-order valence-corrected chi connectivity index (χ2v) is 5.59. The molecule has 0 saturated carbocycles. The van der Waals surface area contributed by atoms with Gasteiger partial charge >= 0.3 is 5.97 Å². The monoisotopic (exact) mass is 336 g/mol. The van der Waals surface area contributed by atoms with Crippen LogP contribution in [0, 0.1) is 6.92 Å². The summed E-state index contributed by atoms with van der Waals surface area (Å²) in [5, 5.41) is 4.32. The normalized spacial score (nSPS) is 10.5. The van der Waals surface area contributed by atoms with Crippen molar-refractivity contribution in [1.29, 1.82) is 0 Å².